The fourth-order valence-corrected chi connectivity index (χ4v) is 3.76. The number of halogens is 1. The maximum atomic E-state index is 14.2. The fraction of sp³-hybridized carbons (Fsp3) is 0.269. The van der Waals surface area contributed by atoms with Crippen LogP contribution in [0.1, 0.15) is 26.4 Å². The minimum atomic E-state index is -0.445. The molecule has 0 spiro atoms. The van der Waals surface area contributed by atoms with Crippen LogP contribution in [0.4, 0.5) is 10.1 Å². The molecule has 8 nitrogen and oxygen atoms in total. The molecular formula is C26H27FN4O4. The van der Waals surface area contributed by atoms with Crippen LogP contribution in [-0.4, -0.2) is 56.7 Å². The largest absolute Gasteiger partial charge is 0.457 e. The van der Waals surface area contributed by atoms with E-state index < -0.39 is 5.82 Å². The molecular weight excluding hydrogens is 451 g/mol. The van der Waals surface area contributed by atoms with Crippen molar-refractivity contribution in [2.75, 3.05) is 44.8 Å². The lowest BCUT2D eigenvalue weighted by atomic mass is 10.1. The maximum absolute atomic E-state index is 14.2. The monoisotopic (exact) mass is 478 g/mol. The Morgan fingerprint density at radius 2 is 1.86 bits per heavy atom. The Hall–Kier alpha value is -3.98. The van der Waals surface area contributed by atoms with E-state index in [1.54, 1.807) is 18.2 Å². The summed E-state index contributed by atoms with van der Waals surface area (Å²) in [7, 11) is 1.54. The normalized spacial score (nSPS) is 13.3. The van der Waals surface area contributed by atoms with E-state index in [1.165, 1.54) is 25.4 Å². The first kappa shape index (κ1) is 24.2. The van der Waals surface area contributed by atoms with Crippen LogP contribution in [0.15, 0.2) is 60.8 Å². The Morgan fingerprint density at radius 1 is 1.06 bits per heavy atom. The van der Waals surface area contributed by atoms with Crippen LogP contribution in [0.3, 0.4) is 0 Å². The maximum Gasteiger partial charge on any atom is 0.269 e. The average molecular weight is 479 g/mol. The van der Waals surface area contributed by atoms with Gasteiger partial charge >= 0.3 is 0 Å². The second-order valence-electron chi connectivity index (χ2n) is 8.01. The third kappa shape index (κ3) is 6.54. The minimum Gasteiger partial charge on any atom is -0.457 e. The van der Waals surface area contributed by atoms with E-state index in [-0.39, 0.29) is 23.1 Å². The van der Waals surface area contributed by atoms with Crippen molar-refractivity contribution in [2.45, 2.75) is 6.42 Å². The van der Waals surface area contributed by atoms with Gasteiger partial charge in [-0.1, -0.05) is 12.1 Å². The zero-order valence-electron chi connectivity index (χ0n) is 19.4. The summed E-state index contributed by atoms with van der Waals surface area (Å²) < 4.78 is 25.4. The SMILES string of the molecule is CNC(=O)c1cc(Oc2cccc(CCNC(=O)c3cc(F)cc(N4CCOCC4)c3)c2)ccn1. The first-order valence-electron chi connectivity index (χ1n) is 11.4. The summed E-state index contributed by atoms with van der Waals surface area (Å²) in [5.41, 5.74) is 2.18. The molecule has 0 saturated carbocycles. The predicted molar refractivity (Wildman–Crippen MR) is 130 cm³/mol. The number of anilines is 1. The molecule has 182 valence electrons. The predicted octanol–water partition coefficient (Wildman–Crippen LogP) is 3.18. The second-order valence-corrected chi connectivity index (χ2v) is 8.01. The molecule has 1 aliphatic heterocycles. The zero-order valence-corrected chi connectivity index (χ0v) is 19.4. The van der Waals surface area contributed by atoms with E-state index in [9.17, 15) is 14.0 Å². The number of carbonyl (C=O) groups excluding carboxylic acids is 2. The third-order valence-corrected chi connectivity index (χ3v) is 5.55. The van der Waals surface area contributed by atoms with Crippen LogP contribution in [0.25, 0.3) is 0 Å². The lowest BCUT2D eigenvalue weighted by Gasteiger charge is -2.29. The molecule has 1 aromatic heterocycles. The molecule has 0 radical (unpaired) electrons. The lowest BCUT2D eigenvalue weighted by molar-refractivity contribution is 0.0947. The van der Waals surface area contributed by atoms with Crippen LogP contribution >= 0.6 is 0 Å². The van der Waals surface area contributed by atoms with Crippen molar-refractivity contribution >= 4 is 17.5 Å². The molecule has 2 heterocycles. The number of pyridine rings is 1. The highest BCUT2D eigenvalue weighted by atomic mass is 19.1. The van der Waals surface area contributed by atoms with Crippen molar-refractivity contribution in [3.63, 3.8) is 0 Å². The van der Waals surface area contributed by atoms with Gasteiger partial charge in [-0.2, -0.15) is 0 Å². The van der Waals surface area contributed by atoms with E-state index in [0.717, 1.165) is 5.56 Å². The number of carbonyl (C=O) groups is 2. The number of rotatable bonds is 8. The molecule has 3 aromatic rings. The van der Waals surface area contributed by atoms with E-state index in [0.29, 0.717) is 56.5 Å². The highest BCUT2D eigenvalue weighted by Crippen LogP contribution is 2.23. The number of aromatic nitrogens is 1. The molecule has 0 unspecified atom stereocenters. The van der Waals surface area contributed by atoms with Crippen molar-refractivity contribution in [2.24, 2.45) is 0 Å². The number of hydrogen-bond acceptors (Lipinski definition) is 6. The van der Waals surface area contributed by atoms with Crippen LogP contribution in [0, 0.1) is 5.82 Å². The minimum absolute atomic E-state index is 0.262. The standard InChI is InChI=1S/C26H27FN4O4/c1-28-26(33)24-17-23(6-8-29-24)35-22-4-2-3-18(13-22)5-7-30-25(32)19-14-20(27)16-21(15-19)31-9-11-34-12-10-31/h2-4,6,8,13-17H,5,7,9-12H2,1H3,(H,28,33)(H,30,32). The Labute approximate surface area is 203 Å². The highest BCUT2D eigenvalue weighted by Gasteiger charge is 2.15. The van der Waals surface area contributed by atoms with Crippen LogP contribution in [0.5, 0.6) is 11.5 Å². The summed E-state index contributed by atoms with van der Waals surface area (Å²) in [5, 5.41) is 5.39. The van der Waals surface area contributed by atoms with E-state index >= 15 is 0 Å². The third-order valence-electron chi connectivity index (χ3n) is 5.55. The quantitative estimate of drug-likeness (QED) is 0.517. The molecule has 0 bridgehead atoms. The van der Waals surface area contributed by atoms with E-state index in [1.807, 2.05) is 29.2 Å². The highest BCUT2D eigenvalue weighted by molar-refractivity contribution is 5.95. The number of benzene rings is 2. The number of ether oxygens (including phenoxy) is 2. The molecule has 35 heavy (non-hydrogen) atoms. The fourth-order valence-electron chi connectivity index (χ4n) is 3.76. The van der Waals surface area contributed by atoms with E-state index in [4.69, 9.17) is 9.47 Å². The molecule has 0 aliphatic carbocycles. The van der Waals surface area contributed by atoms with Crippen molar-refractivity contribution in [3.05, 3.63) is 83.4 Å². The van der Waals surface area contributed by atoms with Crippen LogP contribution in [0.2, 0.25) is 0 Å². The van der Waals surface area contributed by atoms with Gasteiger partial charge < -0.3 is 25.0 Å². The molecule has 9 heteroatoms. The Bertz CT molecular complexity index is 1200. The molecule has 2 N–H and O–H groups in total. The van der Waals surface area contributed by atoms with Gasteiger partial charge in [0.2, 0.25) is 0 Å². The number of amides is 2. The summed E-state index contributed by atoms with van der Waals surface area (Å²) >= 11 is 0. The number of morpholine rings is 1. The molecule has 1 fully saturated rings. The molecule has 1 saturated heterocycles. The van der Waals surface area contributed by atoms with E-state index in [2.05, 4.69) is 15.6 Å². The molecule has 1 aliphatic rings. The number of hydrogen-bond donors (Lipinski definition) is 2. The topological polar surface area (TPSA) is 92.8 Å². The summed E-state index contributed by atoms with van der Waals surface area (Å²) in [4.78, 5) is 30.5. The van der Waals surface area contributed by atoms with Gasteiger partial charge in [-0.15, -0.1) is 0 Å². The van der Waals surface area contributed by atoms with Crippen molar-refractivity contribution in [3.8, 4) is 11.5 Å². The zero-order chi connectivity index (χ0) is 24.6. The number of nitrogens with one attached hydrogen (secondary N) is 2. The van der Waals surface area contributed by atoms with Gasteiger partial charge in [0.05, 0.1) is 13.2 Å². The van der Waals surface area contributed by atoms with Gasteiger partial charge in [0.15, 0.2) is 0 Å². The van der Waals surface area contributed by atoms with Crippen molar-refractivity contribution in [1.82, 2.24) is 15.6 Å². The smallest absolute Gasteiger partial charge is 0.269 e. The Kier molecular flexibility index (Phi) is 7.89. The summed E-state index contributed by atoms with van der Waals surface area (Å²) in [6.45, 7) is 2.86. The second kappa shape index (κ2) is 11.4. The first-order valence-corrected chi connectivity index (χ1v) is 11.4. The Morgan fingerprint density at radius 3 is 2.66 bits per heavy atom. The van der Waals surface area contributed by atoms with Crippen LogP contribution in [-0.2, 0) is 11.2 Å². The Balaban J connectivity index is 1.34. The van der Waals surface area contributed by atoms with Gasteiger partial charge in [-0.05, 0) is 48.4 Å². The molecule has 2 aromatic carbocycles. The molecule has 4 rings (SSSR count). The van der Waals surface area contributed by atoms with Gasteiger partial charge in [-0.25, -0.2) is 4.39 Å². The van der Waals surface area contributed by atoms with Gasteiger partial charge in [-0.3, -0.25) is 14.6 Å². The van der Waals surface area contributed by atoms with Gasteiger partial charge in [0.25, 0.3) is 11.8 Å². The molecule has 0 atom stereocenters. The molecule has 2 amide bonds. The van der Waals surface area contributed by atoms with Crippen molar-refractivity contribution in [1.29, 1.82) is 0 Å². The number of nitrogens with zero attached hydrogens (tertiary/aromatic N) is 2. The lowest BCUT2D eigenvalue weighted by Crippen LogP contribution is -2.36. The first-order chi connectivity index (χ1) is 17.0. The summed E-state index contributed by atoms with van der Waals surface area (Å²) in [5.74, 6) is 0.0225. The van der Waals surface area contributed by atoms with Gasteiger partial charge in [0.1, 0.15) is 23.0 Å². The average Bonchev–Trinajstić information content (AvgIpc) is 2.88. The summed E-state index contributed by atoms with van der Waals surface area (Å²) in [6.07, 6.45) is 2.07. The van der Waals surface area contributed by atoms with Crippen LogP contribution < -0.4 is 20.3 Å². The summed E-state index contributed by atoms with van der Waals surface area (Å²) in [6, 6.07) is 15.1. The van der Waals surface area contributed by atoms with Gasteiger partial charge in [0, 0.05) is 50.2 Å². The van der Waals surface area contributed by atoms with Crippen molar-refractivity contribution < 1.29 is 23.5 Å².